The van der Waals surface area contributed by atoms with Crippen LogP contribution in [0.25, 0.3) is 0 Å². The highest BCUT2D eigenvalue weighted by Crippen LogP contribution is 2.31. The molecular weight excluding hydrogens is 224 g/mol. The van der Waals surface area contributed by atoms with Gasteiger partial charge < -0.3 is 9.84 Å². The zero-order valence-corrected chi connectivity index (χ0v) is 10.9. The minimum absolute atomic E-state index is 0.455. The average Bonchev–Trinajstić information content (AvgIpc) is 2.93. The summed E-state index contributed by atoms with van der Waals surface area (Å²) in [6.45, 7) is 4.84. The molecular formula is C15H18N2O. The molecule has 0 radical (unpaired) electrons. The summed E-state index contributed by atoms with van der Waals surface area (Å²) < 4.78 is 5.08. The molecule has 1 aliphatic rings. The van der Waals surface area contributed by atoms with E-state index in [0.717, 1.165) is 18.0 Å². The SMILES string of the molecule is Cc1ccc2c(c1)C(NCc1cc(C)on1)CC2. The molecule has 1 aromatic heterocycles. The van der Waals surface area contributed by atoms with Crippen molar-refractivity contribution in [2.24, 2.45) is 0 Å². The van der Waals surface area contributed by atoms with Gasteiger partial charge in [0.2, 0.25) is 0 Å². The lowest BCUT2D eigenvalue weighted by Crippen LogP contribution is -2.18. The smallest absolute Gasteiger partial charge is 0.133 e. The van der Waals surface area contributed by atoms with E-state index in [2.05, 4.69) is 35.6 Å². The van der Waals surface area contributed by atoms with Gasteiger partial charge in [0.1, 0.15) is 5.76 Å². The van der Waals surface area contributed by atoms with Crippen molar-refractivity contribution in [1.82, 2.24) is 10.5 Å². The number of fused-ring (bicyclic) bond motifs is 1. The molecule has 0 saturated heterocycles. The van der Waals surface area contributed by atoms with Crippen LogP contribution >= 0.6 is 0 Å². The lowest BCUT2D eigenvalue weighted by atomic mass is 10.1. The maximum Gasteiger partial charge on any atom is 0.133 e. The fourth-order valence-corrected chi connectivity index (χ4v) is 2.66. The fraction of sp³-hybridized carbons (Fsp3) is 0.400. The summed E-state index contributed by atoms with van der Waals surface area (Å²) in [6.07, 6.45) is 2.35. The van der Waals surface area contributed by atoms with Crippen LogP contribution in [0.1, 0.15) is 40.6 Å². The zero-order valence-electron chi connectivity index (χ0n) is 10.9. The molecule has 3 rings (SSSR count). The highest BCUT2D eigenvalue weighted by atomic mass is 16.5. The van der Waals surface area contributed by atoms with E-state index in [4.69, 9.17) is 4.52 Å². The van der Waals surface area contributed by atoms with Crippen molar-refractivity contribution in [2.75, 3.05) is 0 Å². The Kier molecular flexibility index (Phi) is 2.92. The van der Waals surface area contributed by atoms with E-state index in [1.165, 1.54) is 29.5 Å². The number of benzene rings is 1. The molecule has 3 heteroatoms. The van der Waals surface area contributed by atoms with Gasteiger partial charge in [-0.15, -0.1) is 0 Å². The molecule has 0 aliphatic heterocycles. The van der Waals surface area contributed by atoms with Crippen molar-refractivity contribution in [3.05, 3.63) is 52.4 Å². The second-order valence-electron chi connectivity index (χ2n) is 5.10. The van der Waals surface area contributed by atoms with Gasteiger partial charge in [-0.2, -0.15) is 0 Å². The predicted molar refractivity (Wildman–Crippen MR) is 70.3 cm³/mol. The molecule has 1 heterocycles. The number of aryl methyl sites for hydroxylation is 3. The van der Waals surface area contributed by atoms with E-state index in [1.807, 2.05) is 13.0 Å². The van der Waals surface area contributed by atoms with Crippen LogP contribution in [0.3, 0.4) is 0 Å². The Labute approximate surface area is 107 Å². The van der Waals surface area contributed by atoms with Crippen molar-refractivity contribution in [3.63, 3.8) is 0 Å². The van der Waals surface area contributed by atoms with Crippen LogP contribution in [0.15, 0.2) is 28.8 Å². The van der Waals surface area contributed by atoms with Crippen molar-refractivity contribution < 1.29 is 4.52 Å². The van der Waals surface area contributed by atoms with Crippen molar-refractivity contribution in [1.29, 1.82) is 0 Å². The van der Waals surface area contributed by atoms with Crippen LogP contribution < -0.4 is 5.32 Å². The first-order valence-electron chi connectivity index (χ1n) is 6.47. The molecule has 3 nitrogen and oxygen atoms in total. The molecule has 94 valence electrons. The van der Waals surface area contributed by atoms with Gasteiger partial charge in [0.15, 0.2) is 0 Å². The van der Waals surface area contributed by atoms with Gasteiger partial charge in [-0.3, -0.25) is 0 Å². The second-order valence-corrected chi connectivity index (χ2v) is 5.10. The summed E-state index contributed by atoms with van der Waals surface area (Å²) in [5, 5.41) is 7.58. The minimum Gasteiger partial charge on any atom is -0.361 e. The Morgan fingerprint density at radius 2 is 2.22 bits per heavy atom. The van der Waals surface area contributed by atoms with Crippen LogP contribution in [0.4, 0.5) is 0 Å². The first kappa shape index (κ1) is 11.5. The quantitative estimate of drug-likeness (QED) is 0.899. The lowest BCUT2D eigenvalue weighted by Gasteiger charge is -2.13. The molecule has 0 saturated carbocycles. The highest BCUT2D eigenvalue weighted by Gasteiger charge is 2.21. The van der Waals surface area contributed by atoms with Crippen molar-refractivity contribution in [3.8, 4) is 0 Å². The molecule has 0 amide bonds. The fourth-order valence-electron chi connectivity index (χ4n) is 2.66. The molecule has 0 fully saturated rings. The monoisotopic (exact) mass is 242 g/mol. The maximum atomic E-state index is 5.08. The Balaban J connectivity index is 1.71. The molecule has 1 aromatic carbocycles. The van der Waals surface area contributed by atoms with E-state index < -0.39 is 0 Å². The largest absolute Gasteiger partial charge is 0.361 e. The first-order valence-corrected chi connectivity index (χ1v) is 6.47. The molecule has 1 N–H and O–H groups in total. The van der Waals surface area contributed by atoms with Gasteiger partial charge in [0.05, 0.1) is 5.69 Å². The standard InChI is InChI=1S/C15H18N2O/c1-10-3-4-12-5-6-15(14(12)7-10)16-9-13-8-11(2)18-17-13/h3-4,7-8,15-16H,5-6,9H2,1-2H3. The molecule has 0 bridgehead atoms. The van der Waals surface area contributed by atoms with Gasteiger partial charge in [-0.25, -0.2) is 0 Å². The van der Waals surface area contributed by atoms with Crippen molar-refractivity contribution in [2.45, 2.75) is 39.3 Å². The van der Waals surface area contributed by atoms with Crippen LogP contribution in [0.2, 0.25) is 0 Å². The normalized spacial score (nSPS) is 18.0. The van der Waals surface area contributed by atoms with Crippen LogP contribution in [-0.2, 0) is 13.0 Å². The summed E-state index contributed by atoms with van der Waals surface area (Å²) in [7, 11) is 0. The summed E-state index contributed by atoms with van der Waals surface area (Å²) in [5.41, 5.74) is 5.25. The van der Waals surface area contributed by atoms with Gasteiger partial charge in [-0.1, -0.05) is 28.9 Å². The van der Waals surface area contributed by atoms with E-state index in [0.29, 0.717) is 6.04 Å². The summed E-state index contributed by atoms with van der Waals surface area (Å²) >= 11 is 0. The van der Waals surface area contributed by atoms with E-state index in [9.17, 15) is 0 Å². The molecule has 1 aliphatic carbocycles. The Hall–Kier alpha value is -1.61. The third-order valence-corrected chi connectivity index (χ3v) is 3.59. The third kappa shape index (κ3) is 2.18. The second kappa shape index (κ2) is 4.58. The summed E-state index contributed by atoms with van der Waals surface area (Å²) in [5.74, 6) is 0.870. The van der Waals surface area contributed by atoms with E-state index >= 15 is 0 Å². The minimum atomic E-state index is 0.455. The van der Waals surface area contributed by atoms with Gasteiger partial charge in [-0.05, 0) is 37.8 Å². The number of nitrogens with zero attached hydrogens (tertiary/aromatic N) is 1. The van der Waals surface area contributed by atoms with Gasteiger partial charge in [0, 0.05) is 18.7 Å². The van der Waals surface area contributed by atoms with Crippen LogP contribution in [0, 0.1) is 13.8 Å². The lowest BCUT2D eigenvalue weighted by molar-refractivity contribution is 0.385. The molecule has 18 heavy (non-hydrogen) atoms. The Morgan fingerprint density at radius 3 is 3.00 bits per heavy atom. The highest BCUT2D eigenvalue weighted by molar-refractivity contribution is 5.37. The zero-order chi connectivity index (χ0) is 12.5. The molecule has 0 spiro atoms. The van der Waals surface area contributed by atoms with E-state index in [-0.39, 0.29) is 0 Å². The Morgan fingerprint density at radius 1 is 1.33 bits per heavy atom. The Bertz CT molecular complexity index is 559. The number of nitrogens with one attached hydrogen (secondary N) is 1. The number of aromatic nitrogens is 1. The van der Waals surface area contributed by atoms with Crippen LogP contribution in [0.5, 0.6) is 0 Å². The number of hydrogen-bond acceptors (Lipinski definition) is 3. The van der Waals surface area contributed by atoms with Crippen molar-refractivity contribution >= 4 is 0 Å². The molecule has 2 aromatic rings. The third-order valence-electron chi connectivity index (χ3n) is 3.59. The maximum absolute atomic E-state index is 5.08. The number of rotatable bonds is 3. The topological polar surface area (TPSA) is 38.1 Å². The van der Waals surface area contributed by atoms with Gasteiger partial charge in [0.25, 0.3) is 0 Å². The van der Waals surface area contributed by atoms with Crippen LogP contribution in [-0.4, -0.2) is 5.16 Å². The van der Waals surface area contributed by atoms with Gasteiger partial charge >= 0.3 is 0 Å². The molecule has 1 unspecified atom stereocenters. The first-order chi connectivity index (χ1) is 8.72. The predicted octanol–water partition coefficient (Wildman–Crippen LogP) is 3.07. The number of hydrogen-bond donors (Lipinski definition) is 1. The molecule has 1 atom stereocenters. The summed E-state index contributed by atoms with van der Waals surface area (Å²) in [6, 6.07) is 9.19. The average molecular weight is 242 g/mol. The van der Waals surface area contributed by atoms with E-state index in [1.54, 1.807) is 0 Å². The summed E-state index contributed by atoms with van der Waals surface area (Å²) in [4.78, 5) is 0.